The molecule has 1 amide bonds. The van der Waals surface area contributed by atoms with Crippen LogP contribution >= 0.6 is 12.4 Å². The van der Waals surface area contributed by atoms with E-state index >= 15 is 0 Å². The Hall–Kier alpha value is -2.71. The van der Waals surface area contributed by atoms with E-state index in [1.54, 1.807) is 29.4 Å². The van der Waals surface area contributed by atoms with Gasteiger partial charge in [-0.15, -0.1) is 12.4 Å². The Bertz CT molecular complexity index is 783. The lowest BCUT2D eigenvalue weighted by molar-refractivity contribution is -0.385. The van der Waals surface area contributed by atoms with Gasteiger partial charge in [-0.1, -0.05) is 12.1 Å². The van der Waals surface area contributed by atoms with Crippen LogP contribution in [0.2, 0.25) is 0 Å². The third kappa shape index (κ3) is 5.90. The van der Waals surface area contributed by atoms with Crippen molar-refractivity contribution in [3.05, 3.63) is 64.5 Å². The first-order valence-electron chi connectivity index (χ1n) is 8.89. The molecule has 1 fully saturated rings. The molecule has 0 aliphatic carbocycles. The molecule has 0 bridgehead atoms. The van der Waals surface area contributed by atoms with E-state index < -0.39 is 4.92 Å². The summed E-state index contributed by atoms with van der Waals surface area (Å²) in [4.78, 5) is 30.9. The molecule has 0 saturated carbocycles. The molecular formula is C19H23ClN4O4. The van der Waals surface area contributed by atoms with Gasteiger partial charge in [0.1, 0.15) is 0 Å². The van der Waals surface area contributed by atoms with Gasteiger partial charge in [-0.2, -0.15) is 0 Å². The zero-order chi connectivity index (χ0) is 19.1. The summed E-state index contributed by atoms with van der Waals surface area (Å²) < 4.78 is 5.39. The first-order chi connectivity index (χ1) is 13.1. The number of hydrogen-bond acceptors (Lipinski definition) is 6. The number of nitro benzene ring substituents is 1. The van der Waals surface area contributed by atoms with Crippen LogP contribution in [-0.2, 0) is 11.2 Å². The standard InChI is InChI=1S/C19H22N4O4.ClH/c24-19(15-27-18-4-2-1-3-17(18)23(25)26)22-13-11-21(12-14-22)10-7-16-5-8-20-9-6-16;/h1-6,8-9H,7,10-15H2;1H. The average Bonchev–Trinajstić information content (AvgIpc) is 2.71. The molecule has 0 atom stereocenters. The molecule has 1 aromatic carbocycles. The molecule has 1 aliphatic rings. The molecule has 2 aromatic rings. The summed E-state index contributed by atoms with van der Waals surface area (Å²) in [5.74, 6) is -0.0335. The third-order valence-corrected chi connectivity index (χ3v) is 4.60. The molecule has 150 valence electrons. The van der Waals surface area contributed by atoms with E-state index in [9.17, 15) is 14.9 Å². The molecular weight excluding hydrogens is 384 g/mol. The second-order valence-electron chi connectivity index (χ2n) is 6.34. The normalized spacial score (nSPS) is 14.2. The molecule has 3 rings (SSSR count). The number of aromatic nitrogens is 1. The van der Waals surface area contributed by atoms with Gasteiger partial charge in [0.2, 0.25) is 0 Å². The number of para-hydroxylation sites is 2. The Balaban J connectivity index is 0.00000280. The molecule has 1 aliphatic heterocycles. The zero-order valence-electron chi connectivity index (χ0n) is 15.4. The zero-order valence-corrected chi connectivity index (χ0v) is 16.2. The van der Waals surface area contributed by atoms with E-state index in [4.69, 9.17) is 4.74 Å². The summed E-state index contributed by atoms with van der Waals surface area (Å²) in [6.07, 6.45) is 4.54. The number of amides is 1. The predicted octanol–water partition coefficient (Wildman–Crippen LogP) is 2.18. The number of carbonyl (C=O) groups excluding carboxylic acids is 1. The number of benzene rings is 1. The van der Waals surface area contributed by atoms with Gasteiger partial charge in [-0.05, 0) is 30.2 Å². The first kappa shape index (κ1) is 21.6. The van der Waals surface area contributed by atoms with E-state index in [0.29, 0.717) is 13.1 Å². The van der Waals surface area contributed by atoms with Crippen molar-refractivity contribution in [2.45, 2.75) is 6.42 Å². The maximum absolute atomic E-state index is 12.3. The molecule has 0 radical (unpaired) electrons. The minimum Gasteiger partial charge on any atom is -0.477 e. The van der Waals surface area contributed by atoms with Crippen molar-refractivity contribution in [3.63, 3.8) is 0 Å². The molecule has 0 unspecified atom stereocenters. The van der Waals surface area contributed by atoms with Crippen molar-refractivity contribution in [2.75, 3.05) is 39.3 Å². The minimum absolute atomic E-state index is 0. The molecule has 1 aromatic heterocycles. The quantitative estimate of drug-likeness (QED) is 0.517. The van der Waals surface area contributed by atoms with E-state index in [2.05, 4.69) is 9.88 Å². The Morgan fingerprint density at radius 3 is 2.46 bits per heavy atom. The largest absolute Gasteiger partial charge is 0.477 e. The van der Waals surface area contributed by atoms with Crippen molar-refractivity contribution >= 4 is 24.0 Å². The Morgan fingerprint density at radius 2 is 1.79 bits per heavy atom. The molecule has 1 saturated heterocycles. The van der Waals surface area contributed by atoms with Crippen molar-refractivity contribution in [3.8, 4) is 5.75 Å². The molecule has 2 heterocycles. The highest BCUT2D eigenvalue weighted by Gasteiger charge is 2.22. The molecule has 0 spiro atoms. The van der Waals surface area contributed by atoms with Crippen LogP contribution in [-0.4, -0.2) is 64.9 Å². The van der Waals surface area contributed by atoms with Crippen LogP contribution in [0.1, 0.15) is 5.56 Å². The Morgan fingerprint density at radius 1 is 1.11 bits per heavy atom. The topological polar surface area (TPSA) is 88.8 Å². The molecule has 0 N–H and O–H groups in total. The van der Waals surface area contributed by atoms with E-state index in [0.717, 1.165) is 26.1 Å². The number of halogens is 1. The van der Waals surface area contributed by atoms with Gasteiger partial charge < -0.3 is 9.64 Å². The van der Waals surface area contributed by atoms with Crippen LogP contribution in [0.4, 0.5) is 5.69 Å². The lowest BCUT2D eigenvalue weighted by atomic mass is 10.2. The van der Waals surface area contributed by atoms with Gasteiger partial charge in [0, 0.05) is 51.2 Å². The lowest BCUT2D eigenvalue weighted by Gasteiger charge is -2.34. The summed E-state index contributed by atoms with van der Waals surface area (Å²) in [5, 5.41) is 11.0. The maximum atomic E-state index is 12.3. The fourth-order valence-electron chi connectivity index (χ4n) is 3.02. The third-order valence-electron chi connectivity index (χ3n) is 4.60. The van der Waals surface area contributed by atoms with Crippen LogP contribution in [0.15, 0.2) is 48.8 Å². The number of carbonyl (C=O) groups is 1. The second-order valence-corrected chi connectivity index (χ2v) is 6.34. The lowest BCUT2D eigenvalue weighted by Crippen LogP contribution is -2.50. The molecule has 8 nitrogen and oxygen atoms in total. The fourth-order valence-corrected chi connectivity index (χ4v) is 3.02. The fraction of sp³-hybridized carbons (Fsp3) is 0.368. The number of nitrogens with zero attached hydrogens (tertiary/aromatic N) is 4. The van der Waals surface area contributed by atoms with E-state index in [-0.39, 0.29) is 36.4 Å². The highest BCUT2D eigenvalue weighted by atomic mass is 35.5. The number of nitro groups is 1. The van der Waals surface area contributed by atoms with E-state index in [1.807, 2.05) is 12.1 Å². The van der Waals surface area contributed by atoms with Crippen molar-refractivity contribution in [1.82, 2.24) is 14.8 Å². The highest BCUT2D eigenvalue weighted by Crippen LogP contribution is 2.25. The van der Waals surface area contributed by atoms with Gasteiger partial charge >= 0.3 is 5.69 Å². The summed E-state index contributed by atoms with van der Waals surface area (Å²) in [6.45, 7) is 3.64. The van der Waals surface area contributed by atoms with Crippen molar-refractivity contribution < 1.29 is 14.5 Å². The van der Waals surface area contributed by atoms with Crippen molar-refractivity contribution in [1.29, 1.82) is 0 Å². The van der Waals surface area contributed by atoms with Crippen LogP contribution in [0.25, 0.3) is 0 Å². The number of ether oxygens (including phenoxy) is 1. The van der Waals surface area contributed by atoms with Crippen LogP contribution in [0.3, 0.4) is 0 Å². The predicted molar refractivity (Wildman–Crippen MR) is 107 cm³/mol. The smallest absolute Gasteiger partial charge is 0.310 e. The van der Waals surface area contributed by atoms with Crippen LogP contribution in [0, 0.1) is 10.1 Å². The minimum atomic E-state index is -0.513. The Kier molecular flexibility index (Phi) is 8.16. The van der Waals surface area contributed by atoms with Gasteiger partial charge in [-0.25, -0.2) is 0 Å². The number of pyridine rings is 1. The van der Waals surface area contributed by atoms with E-state index in [1.165, 1.54) is 17.7 Å². The van der Waals surface area contributed by atoms with Crippen molar-refractivity contribution in [2.24, 2.45) is 0 Å². The number of rotatable bonds is 7. The first-order valence-corrected chi connectivity index (χ1v) is 8.89. The second kappa shape index (κ2) is 10.6. The SMILES string of the molecule is Cl.O=C(COc1ccccc1[N+](=O)[O-])N1CCN(CCc2ccncc2)CC1. The van der Waals surface area contributed by atoms with Gasteiger partial charge in [0.15, 0.2) is 12.4 Å². The summed E-state index contributed by atoms with van der Waals surface area (Å²) in [6, 6.07) is 10.1. The van der Waals surface area contributed by atoms with Crippen LogP contribution in [0.5, 0.6) is 5.75 Å². The monoisotopic (exact) mass is 406 g/mol. The maximum Gasteiger partial charge on any atom is 0.310 e. The summed E-state index contributed by atoms with van der Waals surface area (Å²) in [5.41, 5.74) is 1.12. The number of piperazine rings is 1. The van der Waals surface area contributed by atoms with Crippen LogP contribution < -0.4 is 4.74 Å². The number of hydrogen-bond donors (Lipinski definition) is 0. The van der Waals surface area contributed by atoms with Gasteiger partial charge in [0.05, 0.1) is 4.92 Å². The highest BCUT2D eigenvalue weighted by molar-refractivity contribution is 5.85. The summed E-state index contributed by atoms with van der Waals surface area (Å²) >= 11 is 0. The van der Waals surface area contributed by atoms with Gasteiger partial charge in [0.25, 0.3) is 5.91 Å². The average molecular weight is 407 g/mol. The molecule has 9 heteroatoms. The van der Waals surface area contributed by atoms with Gasteiger partial charge in [-0.3, -0.25) is 24.8 Å². The summed E-state index contributed by atoms with van der Waals surface area (Å²) in [7, 11) is 0. The molecule has 28 heavy (non-hydrogen) atoms. The Labute approximate surface area is 169 Å².